The highest BCUT2D eigenvalue weighted by Gasteiger charge is 2.19. The molecule has 2 amide bonds. The van der Waals surface area contributed by atoms with Gasteiger partial charge in [-0.25, -0.2) is 4.39 Å². The molecule has 2 N–H and O–H groups in total. The molecule has 3 aromatic rings. The van der Waals surface area contributed by atoms with Crippen LogP contribution in [0.4, 0.5) is 4.39 Å². The van der Waals surface area contributed by atoms with E-state index in [-0.39, 0.29) is 30.7 Å². The number of carbonyl (C=O) groups excluding carboxylic acids is 2. The number of fused-ring (bicyclic) bond motifs is 1. The number of nitrogens with zero attached hydrogens (tertiary/aromatic N) is 1. The van der Waals surface area contributed by atoms with Gasteiger partial charge in [-0.1, -0.05) is 24.3 Å². The molecular formula is C21H22FN3O2. The summed E-state index contributed by atoms with van der Waals surface area (Å²) >= 11 is 0. The number of amides is 2. The highest BCUT2D eigenvalue weighted by Crippen LogP contribution is 2.18. The third-order valence-electron chi connectivity index (χ3n) is 4.41. The second-order valence-electron chi connectivity index (χ2n) is 6.50. The molecule has 1 heterocycles. The molecule has 140 valence electrons. The first kappa shape index (κ1) is 18.6. The van der Waals surface area contributed by atoms with Crippen LogP contribution >= 0.6 is 0 Å². The van der Waals surface area contributed by atoms with Crippen molar-refractivity contribution in [3.63, 3.8) is 0 Å². The summed E-state index contributed by atoms with van der Waals surface area (Å²) in [5.74, 6) is -0.800. The summed E-state index contributed by atoms with van der Waals surface area (Å²) in [5.41, 5.74) is 3.26. The molecule has 2 aromatic carbocycles. The molecule has 0 aliphatic rings. The standard InChI is InChI=1S/C21H22FN3O2/c1-3-25(13-20(26)23-12-15-5-8-17(22)9-6-15)21(27)19-11-16-7-4-14(2)10-18(16)24-19/h4-11,24H,3,12-13H2,1-2H3,(H,23,26). The van der Waals surface area contributed by atoms with Gasteiger partial charge in [-0.15, -0.1) is 0 Å². The lowest BCUT2D eigenvalue weighted by Crippen LogP contribution is -2.40. The number of hydrogen-bond acceptors (Lipinski definition) is 2. The summed E-state index contributed by atoms with van der Waals surface area (Å²) in [5, 5.41) is 3.72. The topological polar surface area (TPSA) is 65.2 Å². The molecule has 1 aromatic heterocycles. The lowest BCUT2D eigenvalue weighted by molar-refractivity contribution is -0.121. The normalized spacial score (nSPS) is 10.8. The molecule has 0 aliphatic carbocycles. The van der Waals surface area contributed by atoms with Gasteiger partial charge in [0.25, 0.3) is 5.91 Å². The average molecular weight is 367 g/mol. The minimum Gasteiger partial charge on any atom is -0.351 e. The molecule has 0 atom stereocenters. The van der Waals surface area contributed by atoms with Gasteiger partial charge in [0.15, 0.2) is 0 Å². The smallest absolute Gasteiger partial charge is 0.270 e. The minimum absolute atomic E-state index is 0.0368. The molecule has 5 nitrogen and oxygen atoms in total. The fourth-order valence-electron chi connectivity index (χ4n) is 2.89. The lowest BCUT2D eigenvalue weighted by Gasteiger charge is -2.19. The van der Waals surface area contributed by atoms with Crippen molar-refractivity contribution in [1.29, 1.82) is 0 Å². The van der Waals surface area contributed by atoms with Crippen molar-refractivity contribution < 1.29 is 14.0 Å². The van der Waals surface area contributed by atoms with Crippen molar-refractivity contribution in [1.82, 2.24) is 15.2 Å². The van der Waals surface area contributed by atoms with Gasteiger partial charge in [0, 0.05) is 24.0 Å². The van der Waals surface area contributed by atoms with E-state index in [1.165, 1.54) is 17.0 Å². The van der Waals surface area contributed by atoms with Gasteiger partial charge in [0.05, 0.1) is 6.54 Å². The van der Waals surface area contributed by atoms with E-state index in [1.54, 1.807) is 18.2 Å². The first-order chi connectivity index (χ1) is 13.0. The molecule has 0 bridgehead atoms. The largest absolute Gasteiger partial charge is 0.351 e. The Morgan fingerprint density at radius 3 is 2.56 bits per heavy atom. The fraction of sp³-hybridized carbons (Fsp3) is 0.238. The highest BCUT2D eigenvalue weighted by molar-refractivity contribution is 5.99. The third kappa shape index (κ3) is 4.53. The van der Waals surface area contributed by atoms with Crippen LogP contribution in [0.5, 0.6) is 0 Å². The number of aryl methyl sites for hydroxylation is 1. The van der Waals surface area contributed by atoms with Crippen LogP contribution in [-0.4, -0.2) is 34.8 Å². The second kappa shape index (κ2) is 8.03. The average Bonchev–Trinajstić information content (AvgIpc) is 3.08. The van der Waals surface area contributed by atoms with Crippen molar-refractivity contribution in [2.45, 2.75) is 20.4 Å². The van der Waals surface area contributed by atoms with Crippen LogP contribution in [0.3, 0.4) is 0 Å². The van der Waals surface area contributed by atoms with Gasteiger partial charge >= 0.3 is 0 Å². The number of benzene rings is 2. The number of halogens is 1. The first-order valence-electron chi connectivity index (χ1n) is 8.86. The quantitative estimate of drug-likeness (QED) is 0.701. The Bertz CT molecular complexity index is 963. The summed E-state index contributed by atoms with van der Waals surface area (Å²) in [6, 6.07) is 13.7. The van der Waals surface area contributed by atoms with Crippen molar-refractivity contribution in [3.8, 4) is 0 Å². The van der Waals surface area contributed by atoms with E-state index in [0.29, 0.717) is 12.2 Å². The third-order valence-corrected chi connectivity index (χ3v) is 4.41. The Hall–Kier alpha value is -3.15. The summed E-state index contributed by atoms with van der Waals surface area (Å²) < 4.78 is 12.9. The number of hydrogen-bond donors (Lipinski definition) is 2. The molecule has 0 aliphatic heterocycles. The maximum atomic E-state index is 12.9. The van der Waals surface area contributed by atoms with Crippen molar-refractivity contribution in [2.75, 3.05) is 13.1 Å². The zero-order chi connectivity index (χ0) is 19.4. The molecule has 0 unspecified atom stereocenters. The van der Waals surface area contributed by atoms with Gasteiger partial charge in [-0.3, -0.25) is 9.59 Å². The van der Waals surface area contributed by atoms with Crippen molar-refractivity contribution in [2.24, 2.45) is 0 Å². The van der Waals surface area contributed by atoms with Crippen LogP contribution in [0, 0.1) is 12.7 Å². The fourth-order valence-corrected chi connectivity index (χ4v) is 2.89. The van der Waals surface area contributed by atoms with Crippen LogP contribution in [-0.2, 0) is 11.3 Å². The Morgan fingerprint density at radius 2 is 1.85 bits per heavy atom. The van der Waals surface area contributed by atoms with Crippen molar-refractivity contribution in [3.05, 3.63) is 71.2 Å². The number of rotatable bonds is 6. The van der Waals surface area contributed by atoms with Crippen LogP contribution in [0.25, 0.3) is 10.9 Å². The summed E-state index contributed by atoms with van der Waals surface area (Å²) in [4.78, 5) is 29.6. The van der Waals surface area contributed by atoms with Gasteiger partial charge in [-0.05, 0) is 49.2 Å². The van der Waals surface area contributed by atoms with E-state index in [9.17, 15) is 14.0 Å². The van der Waals surface area contributed by atoms with E-state index in [1.807, 2.05) is 32.0 Å². The van der Waals surface area contributed by atoms with Crippen LogP contribution in [0.2, 0.25) is 0 Å². The van der Waals surface area contributed by atoms with Gasteiger partial charge in [0.1, 0.15) is 11.5 Å². The summed E-state index contributed by atoms with van der Waals surface area (Å²) in [6.07, 6.45) is 0. The molecule has 27 heavy (non-hydrogen) atoms. The zero-order valence-corrected chi connectivity index (χ0v) is 15.4. The molecule has 0 saturated heterocycles. The van der Waals surface area contributed by atoms with Crippen molar-refractivity contribution >= 4 is 22.7 Å². The number of carbonyl (C=O) groups is 2. The maximum absolute atomic E-state index is 12.9. The second-order valence-corrected chi connectivity index (χ2v) is 6.50. The molecular weight excluding hydrogens is 345 g/mol. The lowest BCUT2D eigenvalue weighted by atomic mass is 10.2. The first-order valence-corrected chi connectivity index (χ1v) is 8.86. The van der Waals surface area contributed by atoms with E-state index in [4.69, 9.17) is 0 Å². The molecule has 6 heteroatoms. The van der Waals surface area contributed by atoms with Crippen LogP contribution in [0.15, 0.2) is 48.5 Å². The molecule has 0 saturated carbocycles. The highest BCUT2D eigenvalue weighted by atomic mass is 19.1. The monoisotopic (exact) mass is 367 g/mol. The Labute approximate surface area is 157 Å². The van der Waals surface area contributed by atoms with E-state index >= 15 is 0 Å². The molecule has 3 rings (SSSR count). The predicted molar refractivity (Wildman–Crippen MR) is 103 cm³/mol. The Kier molecular flexibility index (Phi) is 5.54. The van der Waals surface area contributed by atoms with Crippen LogP contribution < -0.4 is 5.32 Å². The Balaban J connectivity index is 1.63. The molecule has 0 radical (unpaired) electrons. The molecule has 0 fully saturated rings. The van der Waals surface area contributed by atoms with Gasteiger partial charge in [-0.2, -0.15) is 0 Å². The predicted octanol–water partition coefficient (Wildman–Crippen LogP) is 3.39. The summed E-state index contributed by atoms with van der Waals surface area (Å²) in [6.45, 7) is 4.49. The van der Waals surface area contributed by atoms with Crippen LogP contribution in [0.1, 0.15) is 28.5 Å². The number of aromatic nitrogens is 1. The number of H-pyrrole nitrogens is 1. The van der Waals surface area contributed by atoms with E-state index < -0.39 is 0 Å². The zero-order valence-electron chi connectivity index (χ0n) is 15.4. The van der Waals surface area contributed by atoms with E-state index in [0.717, 1.165) is 22.0 Å². The van der Waals surface area contributed by atoms with Gasteiger partial charge < -0.3 is 15.2 Å². The number of nitrogens with one attached hydrogen (secondary N) is 2. The summed E-state index contributed by atoms with van der Waals surface area (Å²) in [7, 11) is 0. The Morgan fingerprint density at radius 1 is 1.11 bits per heavy atom. The van der Waals surface area contributed by atoms with Gasteiger partial charge in [0.2, 0.25) is 5.91 Å². The number of aromatic amines is 1. The number of likely N-dealkylation sites (N-methyl/N-ethyl adjacent to an activating group) is 1. The van der Waals surface area contributed by atoms with E-state index in [2.05, 4.69) is 10.3 Å². The molecule has 0 spiro atoms. The SMILES string of the molecule is CCN(CC(=O)NCc1ccc(F)cc1)C(=O)c1cc2ccc(C)cc2[nH]1. The maximum Gasteiger partial charge on any atom is 0.270 e. The minimum atomic E-state index is -0.318.